The number of hydrogen-bond donors (Lipinski definition) is 0. The van der Waals surface area contributed by atoms with Crippen molar-refractivity contribution in [3.8, 4) is 0 Å². The Morgan fingerprint density at radius 3 is 2.67 bits per heavy atom. The highest BCUT2D eigenvalue weighted by Gasteiger charge is 2.35. The van der Waals surface area contributed by atoms with Gasteiger partial charge in [0.1, 0.15) is 0 Å². The predicted molar refractivity (Wildman–Crippen MR) is 71.4 cm³/mol. The summed E-state index contributed by atoms with van der Waals surface area (Å²) in [6.07, 6.45) is 0. The highest BCUT2D eigenvalue weighted by Crippen LogP contribution is 2.25. The minimum atomic E-state index is -0.0962. The number of ether oxygens (including phenoxy) is 1. The molecule has 1 heterocycles. The lowest BCUT2D eigenvalue weighted by Gasteiger charge is -2.15. The van der Waals surface area contributed by atoms with Gasteiger partial charge in [-0.05, 0) is 23.6 Å². The molecular weight excluding hydrogens is 250 g/mol. The molecule has 2 atom stereocenters. The van der Waals surface area contributed by atoms with Gasteiger partial charge in [-0.15, -0.1) is 0 Å². The van der Waals surface area contributed by atoms with E-state index in [4.69, 9.17) is 16.3 Å². The smallest absolute Gasteiger partial charge is 0.310 e. The normalized spacial score (nSPS) is 24.2. The molecule has 4 heteroatoms. The molecule has 3 nitrogen and oxygen atoms in total. The number of rotatable bonds is 3. The number of nitrogens with zero attached hydrogens (tertiary/aromatic N) is 1. The van der Waals surface area contributed by atoms with Gasteiger partial charge in [0.05, 0.1) is 13.0 Å². The molecule has 1 fully saturated rings. The van der Waals surface area contributed by atoms with Crippen molar-refractivity contribution in [3.05, 3.63) is 34.9 Å². The Morgan fingerprint density at radius 2 is 2.06 bits per heavy atom. The first-order chi connectivity index (χ1) is 8.60. The Morgan fingerprint density at radius 1 is 1.39 bits per heavy atom. The topological polar surface area (TPSA) is 29.5 Å². The SMILES string of the molecule is COC(=O)C1CN(Cc2ccc(Cl)cc2)CC1C. The summed E-state index contributed by atoms with van der Waals surface area (Å²) in [5.74, 6) is 0.258. The molecule has 0 aliphatic carbocycles. The van der Waals surface area contributed by atoms with Crippen LogP contribution in [0.4, 0.5) is 0 Å². The summed E-state index contributed by atoms with van der Waals surface area (Å²) in [6.45, 7) is 4.66. The summed E-state index contributed by atoms with van der Waals surface area (Å²) in [6, 6.07) is 7.85. The van der Waals surface area contributed by atoms with E-state index in [2.05, 4.69) is 11.8 Å². The van der Waals surface area contributed by atoms with Gasteiger partial charge in [0.2, 0.25) is 0 Å². The first-order valence-electron chi connectivity index (χ1n) is 6.14. The van der Waals surface area contributed by atoms with Gasteiger partial charge in [-0.2, -0.15) is 0 Å². The molecule has 0 radical (unpaired) electrons. The summed E-state index contributed by atoms with van der Waals surface area (Å²) < 4.78 is 4.84. The van der Waals surface area contributed by atoms with Crippen molar-refractivity contribution in [2.24, 2.45) is 11.8 Å². The number of methoxy groups -OCH3 is 1. The average Bonchev–Trinajstić information content (AvgIpc) is 2.72. The second kappa shape index (κ2) is 5.72. The first kappa shape index (κ1) is 13.4. The van der Waals surface area contributed by atoms with E-state index in [1.807, 2.05) is 24.3 Å². The summed E-state index contributed by atoms with van der Waals surface area (Å²) in [5.41, 5.74) is 1.22. The zero-order valence-corrected chi connectivity index (χ0v) is 11.5. The van der Waals surface area contributed by atoms with Crippen LogP contribution in [0.25, 0.3) is 0 Å². The summed E-state index contributed by atoms with van der Waals surface area (Å²) >= 11 is 5.86. The third-order valence-corrected chi connectivity index (χ3v) is 3.76. The molecular formula is C14H18ClNO2. The van der Waals surface area contributed by atoms with E-state index < -0.39 is 0 Å². The van der Waals surface area contributed by atoms with Gasteiger partial charge in [-0.3, -0.25) is 9.69 Å². The van der Waals surface area contributed by atoms with E-state index >= 15 is 0 Å². The molecule has 1 aliphatic rings. The number of benzene rings is 1. The van der Waals surface area contributed by atoms with Crippen LogP contribution in [0, 0.1) is 11.8 Å². The third kappa shape index (κ3) is 3.03. The molecule has 0 N–H and O–H groups in total. The van der Waals surface area contributed by atoms with E-state index in [1.165, 1.54) is 12.7 Å². The van der Waals surface area contributed by atoms with E-state index in [0.29, 0.717) is 5.92 Å². The molecule has 1 saturated heterocycles. The molecule has 1 aliphatic heterocycles. The summed E-state index contributed by atoms with van der Waals surface area (Å²) in [7, 11) is 1.46. The van der Waals surface area contributed by atoms with Gasteiger partial charge < -0.3 is 4.74 Å². The van der Waals surface area contributed by atoms with Crippen molar-refractivity contribution < 1.29 is 9.53 Å². The number of likely N-dealkylation sites (tertiary alicyclic amines) is 1. The molecule has 18 heavy (non-hydrogen) atoms. The van der Waals surface area contributed by atoms with Crippen LogP contribution in [-0.4, -0.2) is 31.1 Å². The maximum absolute atomic E-state index is 11.6. The van der Waals surface area contributed by atoms with Crippen LogP contribution in [-0.2, 0) is 16.1 Å². The van der Waals surface area contributed by atoms with Crippen molar-refractivity contribution in [2.45, 2.75) is 13.5 Å². The standard InChI is InChI=1S/C14H18ClNO2/c1-10-7-16(9-13(10)14(17)18-2)8-11-3-5-12(15)6-4-11/h3-6,10,13H,7-9H2,1-2H3. The predicted octanol–water partition coefficient (Wildman–Crippen LogP) is 2.58. The van der Waals surface area contributed by atoms with Gasteiger partial charge >= 0.3 is 5.97 Å². The Hall–Kier alpha value is -1.06. The number of hydrogen-bond acceptors (Lipinski definition) is 3. The fourth-order valence-corrected chi connectivity index (χ4v) is 2.63. The van der Waals surface area contributed by atoms with Crippen molar-refractivity contribution in [1.29, 1.82) is 0 Å². The fraction of sp³-hybridized carbons (Fsp3) is 0.500. The highest BCUT2D eigenvalue weighted by atomic mass is 35.5. The Bertz CT molecular complexity index is 418. The van der Waals surface area contributed by atoms with E-state index in [9.17, 15) is 4.79 Å². The van der Waals surface area contributed by atoms with E-state index in [-0.39, 0.29) is 11.9 Å². The lowest BCUT2D eigenvalue weighted by Crippen LogP contribution is -2.24. The largest absolute Gasteiger partial charge is 0.469 e. The molecule has 0 amide bonds. The van der Waals surface area contributed by atoms with Gasteiger partial charge in [-0.25, -0.2) is 0 Å². The van der Waals surface area contributed by atoms with Crippen LogP contribution < -0.4 is 0 Å². The van der Waals surface area contributed by atoms with Crippen molar-refractivity contribution in [3.63, 3.8) is 0 Å². The molecule has 0 bridgehead atoms. The van der Waals surface area contributed by atoms with E-state index in [1.54, 1.807) is 0 Å². The molecule has 0 aromatic heterocycles. The second-order valence-corrected chi connectivity index (χ2v) is 5.36. The third-order valence-electron chi connectivity index (χ3n) is 3.51. The molecule has 2 rings (SSSR count). The second-order valence-electron chi connectivity index (χ2n) is 4.93. The zero-order valence-electron chi connectivity index (χ0n) is 10.7. The fourth-order valence-electron chi connectivity index (χ4n) is 2.50. The number of carbonyl (C=O) groups excluding carboxylic acids is 1. The maximum Gasteiger partial charge on any atom is 0.310 e. The maximum atomic E-state index is 11.6. The minimum Gasteiger partial charge on any atom is -0.469 e. The van der Waals surface area contributed by atoms with Crippen molar-refractivity contribution in [1.82, 2.24) is 4.90 Å². The number of esters is 1. The first-order valence-corrected chi connectivity index (χ1v) is 6.52. The van der Waals surface area contributed by atoms with Crippen LogP contribution >= 0.6 is 11.6 Å². The molecule has 2 unspecified atom stereocenters. The Labute approximate surface area is 113 Å². The van der Waals surface area contributed by atoms with Crippen molar-refractivity contribution >= 4 is 17.6 Å². The van der Waals surface area contributed by atoms with Gasteiger partial charge in [-0.1, -0.05) is 30.7 Å². The van der Waals surface area contributed by atoms with Gasteiger partial charge in [0.25, 0.3) is 0 Å². The molecule has 0 spiro atoms. The minimum absolute atomic E-state index is 0.00213. The average molecular weight is 268 g/mol. The monoisotopic (exact) mass is 267 g/mol. The Kier molecular flexibility index (Phi) is 4.25. The van der Waals surface area contributed by atoms with Gasteiger partial charge in [0.15, 0.2) is 0 Å². The number of carbonyl (C=O) groups is 1. The van der Waals surface area contributed by atoms with Crippen LogP contribution in [0.1, 0.15) is 12.5 Å². The lowest BCUT2D eigenvalue weighted by atomic mass is 9.99. The van der Waals surface area contributed by atoms with Crippen LogP contribution in [0.2, 0.25) is 5.02 Å². The quantitative estimate of drug-likeness (QED) is 0.789. The molecule has 1 aromatic rings. The lowest BCUT2D eigenvalue weighted by molar-refractivity contribution is -0.146. The van der Waals surface area contributed by atoms with Gasteiger partial charge in [0, 0.05) is 24.7 Å². The zero-order chi connectivity index (χ0) is 13.1. The highest BCUT2D eigenvalue weighted by molar-refractivity contribution is 6.30. The summed E-state index contributed by atoms with van der Waals surface area (Å²) in [4.78, 5) is 13.9. The van der Waals surface area contributed by atoms with E-state index in [0.717, 1.165) is 24.7 Å². The van der Waals surface area contributed by atoms with Crippen LogP contribution in [0.3, 0.4) is 0 Å². The van der Waals surface area contributed by atoms with Crippen molar-refractivity contribution in [2.75, 3.05) is 20.2 Å². The molecule has 98 valence electrons. The molecule has 0 saturated carbocycles. The van der Waals surface area contributed by atoms with Crippen LogP contribution in [0.5, 0.6) is 0 Å². The summed E-state index contributed by atoms with van der Waals surface area (Å²) in [5, 5.41) is 0.751. The molecule has 1 aromatic carbocycles. The van der Waals surface area contributed by atoms with Crippen LogP contribution in [0.15, 0.2) is 24.3 Å². The number of halogens is 1. The Balaban J connectivity index is 1.96.